The van der Waals surface area contributed by atoms with E-state index in [0.717, 1.165) is 0 Å². The fraction of sp³-hybridized carbons (Fsp3) is 0. The summed E-state index contributed by atoms with van der Waals surface area (Å²) in [4.78, 5) is 0. The molecule has 2 unspecified atom stereocenters. The largest absolute Gasteiger partial charge is 0.378 e. The highest BCUT2D eigenvalue weighted by Gasteiger charge is 1.69. The van der Waals surface area contributed by atoms with Crippen LogP contribution in [0.5, 0.6) is 0 Å². The Hall–Kier alpha value is 0.877. The summed E-state index contributed by atoms with van der Waals surface area (Å²) in [6.45, 7) is 0. The molecule has 0 aliphatic heterocycles. The third kappa shape index (κ3) is 13.2. The minimum atomic E-state index is -1.30. The van der Waals surface area contributed by atoms with E-state index in [9.17, 15) is 4.46 Å². The molecule has 0 spiro atoms. The standard InChI is InChI=1S/H4OP2Si/c1-4(2)3/h2-3H2. The van der Waals surface area contributed by atoms with Crippen molar-refractivity contribution in [2.24, 2.45) is 0 Å². The molecule has 0 aromatic heterocycles. The Morgan fingerprint density at radius 2 is 1.50 bits per heavy atom. The van der Waals surface area contributed by atoms with Gasteiger partial charge in [-0.05, 0) is 0 Å². The third-order valence-corrected chi connectivity index (χ3v) is 0. The van der Waals surface area contributed by atoms with E-state index in [4.69, 9.17) is 0 Å². The Labute approximate surface area is 30.9 Å². The van der Waals surface area contributed by atoms with E-state index in [-0.39, 0.29) is 0 Å². The van der Waals surface area contributed by atoms with Gasteiger partial charge in [0, 0.05) is 0 Å². The van der Waals surface area contributed by atoms with E-state index >= 15 is 0 Å². The second kappa shape index (κ2) is 2.13. The van der Waals surface area contributed by atoms with Gasteiger partial charge in [0.15, 0.2) is 0 Å². The lowest BCUT2D eigenvalue weighted by atomic mass is 16.0. The molecule has 0 radical (unpaired) electrons. The van der Waals surface area contributed by atoms with E-state index in [1.165, 1.54) is 0 Å². The van der Waals surface area contributed by atoms with Crippen LogP contribution in [-0.2, 0) is 4.46 Å². The molecule has 0 saturated heterocycles. The molecule has 0 bridgehead atoms. The maximum atomic E-state index is 9.56. The first-order valence-corrected chi connectivity index (χ1v) is 5.81. The maximum absolute atomic E-state index is 9.56. The first-order chi connectivity index (χ1) is 1.73. The molecule has 0 fully saturated rings. The topological polar surface area (TPSA) is 17.1 Å². The van der Waals surface area contributed by atoms with Gasteiger partial charge >= 0.3 is 8.02 Å². The van der Waals surface area contributed by atoms with Crippen LogP contribution < -0.4 is 0 Å². The predicted octanol–water partition coefficient (Wildman–Crippen LogP) is 0.152. The molecule has 0 aromatic rings. The highest BCUT2D eigenvalue weighted by atomic mass is 31.6. The highest BCUT2D eigenvalue weighted by molar-refractivity contribution is 7.89. The summed E-state index contributed by atoms with van der Waals surface area (Å²) < 4.78 is 9.56. The van der Waals surface area contributed by atoms with Gasteiger partial charge in [-0.15, -0.1) is 0 Å². The summed E-state index contributed by atoms with van der Waals surface area (Å²) in [5, 5.41) is 0. The Bertz CT molecular complexity index is 29.0. The van der Waals surface area contributed by atoms with E-state index in [1.54, 1.807) is 0 Å². The van der Waals surface area contributed by atoms with Crippen molar-refractivity contribution in [3.8, 4) is 0 Å². The number of hydrogen-bond acceptors (Lipinski definition) is 1. The molecular weight excluding hydrogens is 106 g/mol. The fourth-order valence-electron chi connectivity index (χ4n) is 0. The van der Waals surface area contributed by atoms with E-state index in [2.05, 4.69) is 17.6 Å². The SMILES string of the molecule is O=[Si](P)P. The quantitative estimate of drug-likeness (QED) is 0.320. The van der Waals surface area contributed by atoms with Gasteiger partial charge in [0.25, 0.3) is 0 Å². The van der Waals surface area contributed by atoms with Crippen molar-refractivity contribution in [3.05, 3.63) is 0 Å². The first-order valence-electron chi connectivity index (χ1n) is 0.781. The van der Waals surface area contributed by atoms with Gasteiger partial charge in [0.2, 0.25) is 0 Å². The van der Waals surface area contributed by atoms with Crippen LogP contribution in [0.3, 0.4) is 0 Å². The minimum absolute atomic E-state index is 1.30. The number of hydrogen-bond donors (Lipinski definition) is 0. The van der Waals surface area contributed by atoms with Crippen molar-refractivity contribution in [1.29, 1.82) is 0 Å². The van der Waals surface area contributed by atoms with Crippen molar-refractivity contribution in [2.45, 2.75) is 0 Å². The summed E-state index contributed by atoms with van der Waals surface area (Å²) in [6.07, 6.45) is 0. The van der Waals surface area contributed by atoms with Gasteiger partial charge < -0.3 is 4.46 Å². The van der Waals surface area contributed by atoms with E-state index in [1.807, 2.05) is 0 Å². The van der Waals surface area contributed by atoms with Crippen molar-refractivity contribution in [1.82, 2.24) is 0 Å². The van der Waals surface area contributed by atoms with Gasteiger partial charge in [-0.3, -0.25) is 0 Å². The molecule has 0 rings (SSSR count). The Morgan fingerprint density at radius 1 is 1.50 bits per heavy atom. The summed E-state index contributed by atoms with van der Waals surface area (Å²) in [7, 11) is 3.04. The van der Waals surface area contributed by atoms with Crippen LogP contribution in [0.15, 0.2) is 0 Å². The molecule has 0 amide bonds. The van der Waals surface area contributed by atoms with Crippen LogP contribution in [0, 0.1) is 0 Å². The van der Waals surface area contributed by atoms with Gasteiger partial charge in [-0.1, -0.05) is 17.6 Å². The van der Waals surface area contributed by atoms with Gasteiger partial charge in [0.05, 0.1) is 0 Å². The van der Waals surface area contributed by atoms with Crippen molar-refractivity contribution < 1.29 is 4.46 Å². The fourth-order valence-corrected chi connectivity index (χ4v) is 0. The van der Waals surface area contributed by atoms with Crippen molar-refractivity contribution in [2.75, 3.05) is 0 Å². The first kappa shape index (κ1) is 4.88. The predicted molar refractivity (Wildman–Crippen MR) is 25.9 cm³/mol. The van der Waals surface area contributed by atoms with Crippen molar-refractivity contribution in [3.63, 3.8) is 0 Å². The minimum Gasteiger partial charge on any atom is -0.378 e. The molecule has 0 aromatic carbocycles. The molecule has 0 saturated carbocycles. The van der Waals surface area contributed by atoms with Gasteiger partial charge in [-0.2, -0.15) is 0 Å². The molecule has 1 nitrogen and oxygen atoms in total. The van der Waals surface area contributed by atoms with Crippen molar-refractivity contribution >= 4 is 25.6 Å². The van der Waals surface area contributed by atoms with Crippen LogP contribution in [0.2, 0.25) is 0 Å². The van der Waals surface area contributed by atoms with Gasteiger partial charge in [0.1, 0.15) is 0 Å². The molecule has 4 heavy (non-hydrogen) atoms. The van der Waals surface area contributed by atoms with Crippen LogP contribution >= 0.6 is 17.6 Å². The van der Waals surface area contributed by atoms with E-state index < -0.39 is 8.02 Å². The lowest BCUT2D eigenvalue weighted by Crippen LogP contribution is -1.56. The molecular formula is H4OP2Si. The summed E-state index contributed by atoms with van der Waals surface area (Å²) in [6, 6.07) is 0. The highest BCUT2D eigenvalue weighted by Crippen LogP contribution is 1.87. The average Bonchev–Trinajstić information content (AvgIpc) is 0.811. The lowest BCUT2D eigenvalue weighted by Gasteiger charge is -1.52. The average molecular weight is 110 g/mol. The Kier molecular flexibility index (Phi) is 2.60. The zero-order valence-corrected chi connectivity index (χ0v) is 5.37. The van der Waals surface area contributed by atoms with Crippen LogP contribution in [0.1, 0.15) is 0 Å². The Morgan fingerprint density at radius 3 is 1.50 bits per heavy atom. The molecule has 24 valence electrons. The lowest BCUT2D eigenvalue weighted by molar-refractivity contribution is 0.584. The second-order valence-corrected chi connectivity index (χ2v) is 6.62. The van der Waals surface area contributed by atoms with Crippen LogP contribution in [0.4, 0.5) is 0 Å². The normalized spacial score (nSPS) is 6.50. The van der Waals surface area contributed by atoms with Crippen LogP contribution in [-0.4, -0.2) is 8.02 Å². The monoisotopic (exact) mass is 110 g/mol. The summed E-state index contributed by atoms with van der Waals surface area (Å²) in [5.74, 6) is 0. The Balaban J connectivity index is 2.80. The molecule has 4 heteroatoms. The molecule has 2 atom stereocenters. The smallest absolute Gasteiger partial charge is 0.317 e. The third-order valence-electron chi connectivity index (χ3n) is 0. The zero-order valence-electron chi connectivity index (χ0n) is 2.06. The van der Waals surface area contributed by atoms with Gasteiger partial charge in [-0.25, -0.2) is 0 Å². The molecule has 0 heterocycles. The molecule has 0 aliphatic carbocycles. The summed E-state index contributed by atoms with van der Waals surface area (Å²) in [5.41, 5.74) is 0. The molecule has 0 aliphatic rings. The number of rotatable bonds is 0. The van der Waals surface area contributed by atoms with Crippen LogP contribution in [0.25, 0.3) is 0 Å². The zero-order chi connectivity index (χ0) is 3.58. The molecule has 0 N–H and O–H groups in total. The summed E-state index contributed by atoms with van der Waals surface area (Å²) >= 11 is 0. The van der Waals surface area contributed by atoms with E-state index in [0.29, 0.717) is 0 Å². The maximum Gasteiger partial charge on any atom is 0.317 e. The second-order valence-electron chi connectivity index (χ2n) is 0.402.